The molecule has 3 aromatic rings. The molecule has 2 aromatic heterocycles. The van der Waals surface area contributed by atoms with Gasteiger partial charge in [0.1, 0.15) is 5.02 Å². The second-order valence-electron chi connectivity index (χ2n) is 4.58. The molecule has 5 nitrogen and oxygen atoms in total. The van der Waals surface area contributed by atoms with Crippen LogP contribution in [0.3, 0.4) is 0 Å². The second kappa shape index (κ2) is 6.16. The van der Waals surface area contributed by atoms with E-state index in [1.54, 1.807) is 18.5 Å². The van der Waals surface area contributed by atoms with Crippen molar-refractivity contribution in [1.82, 2.24) is 10.3 Å². The van der Waals surface area contributed by atoms with Crippen LogP contribution in [0, 0.1) is 6.92 Å². The molecule has 0 saturated heterocycles. The van der Waals surface area contributed by atoms with E-state index in [2.05, 4.69) is 15.6 Å². The molecule has 22 heavy (non-hydrogen) atoms. The highest BCUT2D eigenvalue weighted by Gasteiger charge is 2.12. The summed E-state index contributed by atoms with van der Waals surface area (Å²) in [5.41, 5.74) is 1.33. The predicted octanol–water partition coefficient (Wildman–Crippen LogP) is 4.83. The van der Waals surface area contributed by atoms with Crippen LogP contribution >= 0.6 is 34.5 Å². The smallest absolute Gasteiger partial charge is 0.321 e. The first-order valence-electron chi connectivity index (χ1n) is 6.36. The third-order valence-corrected chi connectivity index (χ3v) is 4.61. The van der Waals surface area contributed by atoms with E-state index in [0.29, 0.717) is 27.3 Å². The van der Waals surface area contributed by atoms with Crippen molar-refractivity contribution in [1.29, 1.82) is 0 Å². The van der Waals surface area contributed by atoms with Crippen molar-refractivity contribution >= 4 is 56.7 Å². The summed E-state index contributed by atoms with van der Waals surface area (Å²) in [6, 6.07) is 3.18. The normalized spacial score (nSPS) is 10.9. The first kappa shape index (κ1) is 15.1. The number of hydrogen-bond acceptors (Lipinski definition) is 4. The fourth-order valence-corrected chi connectivity index (χ4v) is 2.98. The molecule has 2 N–H and O–H groups in total. The molecule has 2 amide bonds. The van der Waals surface area contributed by atoms with E-state index in [4.69, 9.17) is 27.6 Å². The van der Waals surface area contributed by atoms with Crippen molar-refractivity contribution in [2.24, 2.45) is 0 Å². The first-order valence-corrected chi connectivity index (χ1v) is 7.93. The quantitative estimate of drug-likeness (QED) is 0.707. The van der Waals surface area contributed by atoms with Crippen molar-refractivity contribution in [2.45, 2.75) is 13.5 Å². The average Bonchev–Trinajstić information content (AvgIpc) is 3.07. The summed E-state index contributed by atoms with van der Waals surface area (Å²) in [5, 5.41) is 7.60. The van der Waals surface area contributed by atoms with Crippen LogP contribution in [0.1, 0.15) is 10.4 Å². The SMILES string of the molecule is Cc1cnc(NC(=O)NCc2coc3c(Cl)c(Cl)ccc23)s1. The number of carbonyl (C=O) groups is 1. The highest BCUT2D eigenvalue weighted by molar-refractivity contribution is 7.15. The Balaban J connectivity index is 1.69. The summed E-state index contributed by atoms with van der Waals surface area (Å²) < 4.78 is 5.42. The lowest BCUT2D eigenvalue weighted by Crippen LogP contribution is -2.27. The van der Waals surface area contributed by atoms with E-state index in [1.807, 2.05) is 13.0 Å². The summed E-state index contributed by atoms with van der Waals surface area (Å²) in [7, 11) is 0. The molecule has 0 spiro atoms. The number of halogens is 2. The number of nitrogens with one attached hydrogen (secondary N) is 2. The fraction of sp³-hybridized carbons (Fsp3) is 0.143. The van der Waals surface area contributed by atoms with Gasteiger partial charge < -0.3 is 9.73 Å². The Kier molecular flexibility index (Phi) is 4.24. The van der Waals surface area contributed by atoms with E-state index >= 15 is 0 Å². The molecule has 0 aliphatic carbocycles. The van der Waals surface area contributed by atoms with E-state index < -0.39 is 0 Å². The van der Waals surface area contributed by atoms with Crippen molar-refractivity contribution in [2.75, 3.05) is 5.32 Å². The molecule has 0 saturated carbocycles. The Bertz CT molecular complexity index is 844. The van der Waals surface area contributed by atoms with Gasteiger partial charge in [0, 0.05) is 28.6 Å². The zero-order chi connectivity index (χ0) is 15.7. The number of urea groups is 1. The molecular weight excluding hydrogens is 345 g/mol. The third kappa shape index (κ3) is 3.04. The van der Waals surface area contributed by atoms with Crippen molar-refractivity contribution in [3.63, 3.8) is 0 Å². The molecule has 0 bridgehead atoms. The molecule has 0 aliphatic rings. The molecule has 0 aliphatic heterocycles. The number of fused-ring (bicyclic) bond motifs is 1. The van der Waals surface area contributed by atoms with Gasteiger partial charge in [-0.3, -0.25) is 5.32 Å². The van der Waals surface area contributed by atoms with Crippen molar-refractivity contribution < 1.29 is 9.21 Å². The number of carbonyl (C=O) groups excluding carboxylic acids is 1. The van der Waals surface area contributed by atoms with Crippen LogP contribution in [0.25, 0.3) is 11.0 Å². The number of anilines is 1. The topological polar surface area (TPSA) is 67.2 Å². The largest absolute Gasteiger partial charge is 0.462 e. The number of aryl methyl sites for hydroxylation is 1. The van der Waals surface area contributed by atoms with Crippen LogP contribution in [0.4, 0.5) is 9.93 Å². The Hall–Kier alpha value is -1.76. The van der Waals surface area contributed by atoms with Gasteiger partial charge >= 0.3 is 6.03 Å². The van der Waals surface area contributed by atoms with Crippen LogP contribution < -0.4 is 10.6 Å². The molecular formula is C14H11Cl2N3O2S. The van der Waals surface area contributed by atoms with Crippen LogP contribution in [-0.4, -0.2) is 11.0 Å². The maximum absolute atomic E-state index is 11.8. The molecule has 2 heterocycles. The number of nitrogens with zero attached hydrogens (tertiary/aromatic N) is 1. The minimum absolute atomic E-state index is 0.307. The van der Waals surface area contributed by atoms with Gasteiger partial charge in [0.05, 0.1) is 11.3 Å². The summed E-state index contributed by atoms with van der Waals surface area (Å²) in [5.74, 6) is 0. The lowest BCUT2D eigenvalue weighted by Gasteiger charge is -2.04. The number of thiazole rings is 1. The van der Waals surface area contributed by atoms with Gasteiger partial charge in [0.2, 0.25) is 0 Å². The molecule has 0 radical (unpaired) electrons. The molecule has 1 aromatic carbocycles. The molecule has 3 rings (SSSR count). The van der Waals surface area contributed by atoms with E-state index in [1.165, 1.54) is 11.3 Å². The zero-order valence-corrected chi connectivity index (χ0v) is 13.8. The van der Waals surface area contributed by atoms with Crippen LogP contribution in [0.5, 0.6) is 0 Å². The highest BCUT2D eigenvalue weighted by Crippen LogP contribution is 2.33. The number of aromatic nitrogens is 1. The standard InChI is InChI=1S/C14H11Cl2N3O2S/c1-7-4-18-14(22-7)19-13(20)17-5-8-6-21-12-9(8)2-3-10(15)11(12)16/h2-4,6H,5H2,1H3,(H2,17,18,19,20). The van der Waals surface area contributed by atoms with Gasteiger partial charge in [-0.15, -0.1) is 11.3 Å². The Morgan fingerprint density at radius 1 is 1.41 bits per heavy atom. The van der Waals surface area contributed by atoms with E-state index in [0.717, 1.165) is 15.8 Å². The average molecular weight is 356 g/mol. The lowest BCUT2D eigenvalue weighted by molar-refractivity contribution is 0.251. The lowest BCUT2D eigenvalue weighted by atomic mass is 10.2. The summed E-state index contributed by atoms with van der Waals surface area (Å²) >= 11 is 13.4. The minimum atomic E-state index is -0.330. The van der Waals surface area contributed by atoms with Crippen molar-refractivity contribution in [3.05, 3.63) is 45.1 Å². The predicted molar refractivity (Wildman–Crippen MR) is 88.9 cm³/mol. The van der Waals surface area contributed by atoms with Gasteiger partial charge in [-0.05, 0) is 19.1 Å². The Morgan fingerprint density at radius 3 is 2.95 bits per heavy atom. The molecule has 114 valence electrons. The van der Waals surface area contributed by atoms with Crippen LogP contribution in [0.15, 0.2) is 29.0 Å². The molecule has 0 atom stereocenters. The number of benzene rings is 1. The van der Waals surface area contributed by atoms with E-state index in [-0.39, 0.29) is 6.03 Å². The van der Waals surface area contributed by atoms with Gasteiger partial charge in [-0.2, -0.15) is 0 Å². The molecule has 8 heteroatoms. The van der Waals surface area contributed by atoms with E-state index in [9.17, 15) is 4.79 Å². The minimum Gasteiger partial charge on any atom is -0.462 e. The van der Waals surface area contributed by atoms with Gasteiger partial charge in [-0.1, -0.05) is 23.2 Å². The second-order valence-corrected chi connectivity index (χ2v) is 6.60. The number of rotatable bonds is 3. The number of amides is 2. The van der Waals surface area contributed by atoms with Gasteiger partial charge in [0.25, 0.3) is 0 Å². The summed E-state index contributed by atoms with van der Waals surface area (Å²) in [4.78, 5) is 16.9. The fourth-order valence-electron chi connectivity index (χ4n) is 1.96. The summed E-state index contributed by atoms with van der Waals surface area (Å²) in [6.45, 7) is 2.23. The monoisotopic (exact) mass is 355 g/mol. The van der Waals surface area contributed by atoms with Crippen molar-refractivity contribution in [3.8, 4) is 0 Å². The van der Waals surface area contributed by atoms with Crippen LogP contribution in [0.2, 0.25) is 10.0 Å². The molecule has 0 unspecified atom stereocenters. The molecule has 0 fully saturated rings. The first-order chi connectivity index (χ1) is 10.5. The highest BCUT2D eigenvalue weighted by atomic mass is 35.5. The number of furan rings is 1. The maximum Gasteiger partial charge on any atom is 0.321 e. The maximum atomic E-state index is 11.8. The number of hydrogen-bond donors (Lipinski definition) is 2. The van der Waals surface area contributed by atoms with Gasteiger partial charge in [0.15, 0.2) is 10.7 Å². The summed E-state index contributed by atoms with van der Waals surface area (Å²) in [6.07, 6.45) is 3.26. The zero-order valence-electron chi connectivity index (χ0n) is 11.4. The van der Waals surface area contributed by atoms with Gasteiger partial charge in [-0.25, -0.2) is 9.78 Å². The Labute approximate surface area is 140 Å². The third-order valence-electron chi connectivity index (χ3n) is 3.00. The Morgan fingerprint density at radius 2 is 2.23 bits per heavy atom. The van der Waals surface area contributed by atoms with Crippen LogP contribution in [-0.2, 0) is 6.54 Å².